The third-order valence-corrected chi connectivity index (χ3v) is 4.00. The summed E-state index contributed by atoms with van der Waals surface area (Å²) < 4.78 is 6.10. The first kappa shape index (κ1) is 19.9. The Bertz CT molecular complexity index is 833. The van der Waals surface area contributed by atoms with Gasteiger partial charge in [0.1, 0.15) is 5.75 Å². The molecule has 0 aromatic heterocycles. The maximum absolute atomic E-state index is 11.8. The first-order chi connectivity index (χ1) is 12.5. The lowest BCUT2D eigenvalue weighted by Crippen LogP contribution is -2.25. The molecule has 0 aliphatic heterocycles. The Morgan fingerprint density at radius 1 is 1.23 bits per heavy atom. The summed E-state index contributed by atoms with van der Waals surface area (Å²) in [5, 5.41) is 4.59. The summed E-state index contributed by atoms with van der Waals surface area (Å²) in [7, 11) is 0. The number of hydrogen-bond donors (Lipinski definition) is 1. The van der Waals surface area contributed by atoms with Gasteiger partial charge in [0.2, 0.25) is 0 Å². The summed E-state index contributed by atoms with van der Waals surface area (Å²) in [6, 6.07) is 15.1. The van der Waals surface area contributed by atoms with Crippen LogP contribution in [0.15, 0.2) is 76.3 Å². The molecule has 0 heterocycles. The number of rotatable bonds is 7. The first-order valence-corrected chi connectivity index (χ1v) is 9.02. The second-order valence-corrected chi connectivity index (χ2v) is 6.57. The molecular weight excluding hydrogens is 416 g/mol. The number of nitrogens with zero attached hydrogens (tertiary/aromatic N) is 1. The van der Waals surface area contributed by atoms with E-state index in [4.69, 9.17) is 16.3 Å². The lowest BCUT2D eigenvalue weighted by atomic mass is 10.2. The van der Waals surface area contributed by atoms with Crippen LogP contribution >= 0.6 is 27.5 Å². The summed E-state index contributed by atoms with van der Waals surface area (Å²) in [6.45, 7) is 1.65. The number of carbonyl (C=O) groups is 1. The minimum absolute atomic E-state index is 0.144. The van der Waals surface area contributed by atoms with Crippen LogP contribution in [0.2, 0.25) is 5.02 Å². The Morgan fingerprint density at radius 2 is 2.00 bits per heavy atom. The summed E-state index contributed by atoms with van der Waals surface area (Å²) in [4.78, 5) is 11.8. The van der Waals surface area contributed by atoms with Crippen molar-refractivity contribution in [2.45, 2.75) is 6.92 Å². The number of hydrogen-bond acceptors (Lipinski definition) is 3. The molecule has 1 amide bonds. The smallest absolute Gasteiger partial charge is 0.277 e. The highest BCUT2D eigenvalue weighted by Crippen LogP contribution is 2.27. The molecular formula is C20H18BrClN2O2. The molecule has 4 nitrogen and oxygen atoms in total. The van der Waals surface area contributed by atoms with Gasteiger partial charge in [-0.25, -0.2) is 5.43 Å². The fourth-order valence-electron chi connectivity index (χ4n) is 1.88. The largest absolute Gasteiger partial charge is 0.483 e. The van der Waals surface area contributed by atoms with E-state index in [0.29, 0.717) is 21.0 Å². The SMILES string of the molecule is CC(C=CC=Cc1ccccc1)=NNC(=O)COc1ccc(Cl)cc1Br. The zero-order chi connectivity index (χ0) is 18.8. The van der Waals surface area contributed by atoms with Crippen molar-refractivity contribution in [1.29, 1.82) is 0 Å². The first-order valence-electron chi connectivity index (χ1n) is 7.85. The van der Waals surface area contributed by atoms with Crippen molar-refractivity contribution in [2.75, 3.05) is 6.61 Å². The monoisotopic (exact) mass is 432 g/mol. The molecule has 6 heteroatoms. The molecule has 0 saturated heterocycles. The van der Waals surface area contributed by atoms with Gasteiger partial charge in [-0.3, -0.25) is 4.79 Å². The quantitative estimate of drug-likeness (QED) is 0.369. The minimum Gasteiger partial charge on any atom is -0.483 e. The second kappa shape index (κ2) is 10.6. The molecule has 0 unspecified atom stereocenters. The fourth-order valence-corrected chi connectivity index (χ4v) is 2.68. The van der Waals surface area contributed by atoms with Gasteiger partial charge in [0.15, 0.2) is 6.61 Å². The fraction of sp³-hybridized carbons (Fsp3) is 0.100. The molecule has 0 atom stereocenters. The number of carbonyl (C=O) groups excluding carboxylic acids is 1. The highest BCUT2D eigenvalue weighted by atomic mass is 79.9. The molecule has 0 fully saturated rings. The number of hydrazone groups is 1. The van der Waals surface area contributed by atoms with Crippen LogP contribution in [0.25, 0.3) is 6.08 Å². The Kier molecular flexibility index (Phi) is 8.12. The van der Waals surface area contributed by atoms with Gasteiger partial charge in [-0.2, -0.15) is 5.10 Å². The van der Waals surface area contributed by atoms with Crippen molar-refractivity contribution in [3.05, 3.63) is 81.8 Å². The number of nitrogens with one attached hydrogen (secondary N) is 1. The van der Waals surface area contributed by atoms with Gasteiger partial charge in [0.25, 0.3) is 5.91 Å². The van der Waals surface area contributed by atoms with Gasteiger partial charge in [-0.1, -0.05) is 60.2 Å². The molecule has 0 spiro atoms. The molecule has 134 valence electrons. The van der Waals surface area contributed by atoms with E-state index in [1.165, 1.54) is 0 Å². The van der Waals surface area contributed by atoms with E-state index in [0.717, 1.165) is 5.56 Å². The van der Waals surface area contributed by atoms with E-state index < -0.39 is 0 Å². The van der Waals surface area contributed by atoms with Crippen LogP contribution in [0, 0.1) is 0 Å². The van der Waals surface area contributed by atoms with Crippen LogP contribution in [0.1, 0.15) is 12.5 Å². The van der Waals surface area contributed by atoms with Crippen LogP contribution < -0.4 is 10.2 Å². The van der Waals surface area contributed by atoms with Crippen molar-refractivity contribution in [1.82, 2.24) is 5.43 Å². The summed E-state index contributed by atoms with van der Waals surface area (Å²) >= 11 is 9.18. The molecule has 1 N–H and O–H groups in total. The number of halogens is 2. The average Bonchev–Trinajstić information content (AvgIpc) is 2.63. The number of benzene rings is 2. The standard InChI is InChI=1S/C20H18BrClN2O2/c1-15(7-5-6-10-16-8-3-2-4-9-16)23-24-20(25)14-26-19-12-11-17(22)13-18(19)21/h2-13H,14H2,1H3,(H,24,25). The maximum Gasteiger partial charge on any atom is 0.277 e. The third kappa shape index (κ3) is 7.25. The number of ether oxygens (including phenoxy) is 1. The van der Waals surface area contributed by atoms with Crippen LogP contribution in [0.5, 0.6) is 5.75 Å². The Morgan fingerprint density at radius 3 is 2.73 bits per heavy atom. The molecule has 0 bridgehead atoms. The van der Waals surface area contributed by atoms with E-state index >= 15 is 0 Å². The van der Waals surface area contributed by atoms with Gasteiger partial charge >= 0.3 is 0 Å². The summed E-state index contributed by atoms with van der Waals surface area (Å²) in [5.41, 5.74) is 4.24. The molecule has 2 rings (SSSR count). The molecule has 0 aliphatic carbocycles. The van der Waals surface area contributed by atoms with Crippen molar-refractivity contribution >= 4 is 45.2 Å². The lowest BCUT2D eigenvalue weighted by molar-refractivity contribution is -0.123. The highest BCUT2D eigenvalue weighted by molar-refractivity contribution is 9.10. The minimum atomic E-state index is -0.348. The van der Waals surface area contributed by atoms with E-state index in [-0.39, 0.29) is 12.5 Å². The van der Waals surface area contributed by atoms with Crippen LogP contribution in [-0.2, 0) is 4.79 Å². The number of amides is 1. The van der Waals surface area contributed by atoms with E-state index in [1.54, 1.807) is 31.2 Å². The topological polar surface area (TPSA) is 50.7 Å². The predicted octanol–water partition coefficient (Wildman–Crippen LogP) is 5.24. The molecule has 2 aromatic carbocycles. The molecule has 0 saturated carbocycles. The molecule has 0 radical (unpaired) electrons. The third-order valence-electron chi connectivity index (χ3n) is 3.15. The molecule has 2 aromatic rings. The van der Waals surface area contributed by atoms with Crippen molar-refractivity contribution < 1.29 is 9.53 Å². The van der Waals surface area contributed by atoms with E-state index in [1.807, 2.05) is 48.6 Å². The highest BCUT2D eigenvalue weighted by Gasteiger charge is 2.05. The zero-order valence-electron chi connectivity index (χ0n) is 14.2. The van der Waals surface area contributed by atoms with Gasteiger partial charge in [0, 0.05) is 5.02 Å². The lowest BCUT2D eigenvalue weighted by Gasteiger charge is -2.07. The van der Waals surface area contributed by atoms with Crippen LogP contribution in [-0.4, -0.2) is 18.2 Å². The normalized spacial score (nSPS) is 11.9. The Labute approximate surface area is 166 Å². The summed E-state index contributed by atoms with van der Waals surface area (Å²) in [6.07, 6.45) is 7.56. The molecule has 26 heavy (non-hydrogen) atoms. The number of allylic oxidation sites excluding steroid dienone is 3. The van der Waals surface area contributed by atoms with Crippen molar-refractivity contribution in [3.63, 3.8) is 0 Å². The average molecular weight is 434 g/mol. The maximum atomic E-state index is 11.8. The van der Waals surface area contributed by atoms with Crippen LogP contribution in [0.4, 0.5) is 0 Å². The zero-order valence-corrected chi connectivity index (χ0v) is 16.5. The van der Waals surface area contributed by atoms with Crippen molar-refractivity contribution in [2.24, 2.45) is 5.10 Å². The van der Waals surface area contributed by atoms with Crippen LogP contribution in [0.3, 0.4) is 0 Å². The Balaban J connectivity index is 1.77. The van der Waals surface area contributed by atoms with Gasteiger partial charge in [-0.15, -0.1) is 0 Å². The molecule has 0 aliphatic rings. The predicted molar refractivity (Wildman–Crippen MR) is 111 cm³/mol. The van der Waals surface area contributed by atoms with Crippen molar-refractivity contribution in [3.8, 4) is 5.75 Å². The van der Waals surface area contributed by atoms with E-state index in [9.17, 15) is 4.79 Å². The van der Waals surface area contributed by atoms with Gasteiger partial charge < -0.3 is 4.74 Å². The Hall–Kier alpha value is -2.37. The van der Waals surface area contributed by atoms with Gasteiger partial charge in [-0.05, 0) is 52.7 Å². The van der Waals surface area contributed by atoms with Gasteiger partial charge in [0.05, 0.1) is 10.2 Å². The van der Waals surface area contributed by atoms with E-state index in [2.05, 4.69) is 26.5 Å². The summed E-state index contributed by atoms with van der Waals surface area (Å²) in [5.74, 6) is 0.190. The second-order valence-electron chi connectivity index (χ2n) is 5.28.